The average Bonchev–Trinajstić information content (AvgIpc) is 3.18. The van der Waals surface area contributed by atoms with E-state index in [-0.39, 0.29) is 5.92 Å². The van der Waals surface area contributed by atoms with Gasteiger partial charge in [0.2, 0.25) is 15.9 Å². The molecule has 0 spiro atoms. The fraction of sp³-hybridized carbons (Fsp3) is 0.500. The van der Waals surface area contributed by atoms with Crippen LogP contribution in [0.15, 0.2) is 18.2 Å². The Morgan fingerprint density at radius 1 is 1.32 bits per heavy atom. The van der Waals surface area contributed by atoms with Crippen molar-refractivity contribution in [3.8, 4) is 11.5 Å². The van der Waals surface area contributed by atoms with Crippen LogP contribution in [0.1, 0.15) is 6.42 Å². The van der Waals surface area contributed by atoms with E-state index >= 15 is 0 Å². The summed E-state index contributed by atoms with van der Waals surface area (Å²) in [6, 6.07) is 4.92. The standard InChI is InChI=1S/C14H18N2O5S/c1-16-8-9-7-14(9,22(16,18)19)13(17)15-10-4-5-11(20-2)12(6-10)21-3/h4-6,9H,7-8H2,1-3H3,(H,15,17)/t9-,14-/m1/s1. The van der Waals surface area contributed by atoms with E-state index in [0.717, 1.165) is 0 Å². The molecule has 1 heterocycles. The van der Waals surface area contributed by atoms with E-state index in [2.05, 4.69) is 5.32 Å². The monoisotopic (exact) mass is 326 g/mol. The molecule has 3 rings (SSSR count). The molecule has 1 saturated heterocycles. The molecule has 2 fully saturated rings. The van der Waals surface area contributed by atoms with Crippen molar-refractivity contribution in [2.45, 2.75) is 11.2 Å². The lowest BCUT2D eigenvalue weighted by atomic mass is 10.2. The van der Waals surface area contributed by atoms with Gasteiger partial charge in [-0.2, -0.15) is 0 Å². The number of ether oxygens (including phenoxy) is 2. The molecule has 2 aliphatic rings. The first-order valence-electron chi connectivity index (χ1n) is 6.86. The van der Waals surface area contributed by atoms with Crippen LogP contribution in [-0.2, 0) is 14.8 Å². The minimum absolute atomic E-state index is 0.123. The lowest BCUT2D eigenvalue weighted by molar-refractivity contribution is -0.116. The number of rotatable bonds is 4. The van der Waals surface area contributed by atoms with Crippen LogP contribution >= 0.6 is 0 Å². The van der Waals surface area contributed by atoms with Crippen molar-refractivity contribution in [1.82, 2.24) is 4.31 Å². The Morgan fingerprint density at radius 3 is 2.55 bits per heavy atom. The van der Waals surface area contributed by atoms with Crippen molar-refractivity contribution in [3.05, 3.63) is 18.2 Å². The third-order valence-electron chi connectivity index (χ3n) is 4.42. The Balaban J connectivity index is 1.85. The fourth-order valence-electron chi connectivity index (χ4n) is 3.07. The van der Waals surface area contributed by atoms with Gasteiger partial charge in [-0.05, 0) is 18.6 Å². The number of hydrogen-bond donors (Lipinski definition) is 1. The second-order valence-electron chi connectivity index (χ2n) is 5.60. The summed E-state index contributed by atoms with van der Waals surface area (Å²) in [6.07, 6.45) is 0.388. The molecule has 2 atom stereocenters. The lowest BCUT2D eigenvalue weighted by Gasteiger charge is -2.17. The highest BCUT2D eigenvalue weighted by molar-refractivity contribution is 7.92. The van der Waals surface area contributed by atoms with Gasteiger partial charge in [0, 0.05) is 31.3 Å². The normalized spacial score (nSPS) is 28.8. The van der Waals surface area contributed by atoms with Crippen molar-refractivity contribution in [2.24, 2.45) is 5.92 Å². The number of anilines is 1. The number of carbonyl (C=O) groups excluding carboxylic acids is 1. The number of hydrogen-bond acceptors (Lipinski definition) is 5. The van der Waals surface area contributed by atoms with E-state index in [1.54, 1.807) is 18.2 Å². The molecule has 1 aromatic carbocycles. The molecule has 0 radical (unpaired) electrons. The third-order valence-corrected chi connectivity index (χ3v) is 7.00. The van der Waals surface area contributed by atoms with E-state index in [1.807, 2.05) is 0 Å². The van der Waals surface area contributed by atoms with Gasteiger partial charge in [-0.15, -0.1) is 0 Å². The zero-order valence-electron chi connectivity index (χ0n) is 12.6. The summed E-state index contributed by atoms with van der Waals surface area (Å²) in [7, 11) is 0.947. The molecule has 22 heavy (non-hydrogen) atoms. The second kappa shape index (κ2) is 4.85. The minimum atomic E-state index is -3.57. The van der Waals surface area contributed by atoms with Gasteiger partial charge in [-0.3, -0.25) is 4.79 Å². The maximum Gasteiger partial charge on any atom is 0.247 e. The summed E-state index contributed by atoms with van der Waals surface area (Å²) in [5.74, 6) is 0.407. The molecular weight excluding hydrogens is 308 g/mol. The summed E-state index contributed by atoms with van der Waals surface area (Å²) in [5, 5.41) is 2.69. The van der Waals surface area contributed by atoms with Crippen LogP contribution in [0.25, 0.3) is 0 Å². The van der Waals surface area contributed by atoms with Crippen molar-refractivity contribution in [2.75, 3.05) is 33.1 Å². The van der Waals surface area contributed by atoms with E-state index in [9.17, 15) is 13.2 Å². The predicted molar refractivity (Wildman–Crippen MR) is 80.6 cm³/mol. The number of nitrogens with one attached hydrogen (secondary N) is 1. The number of fused-ring (bicyclic) bond motifs is 1. The highest BCUT2D eigenvalue weighted by Gasteiger charge is 2.74. The maximum atomic E-state index is 12.5. The molecular formula is C14H18N2O5S. The molecule has 0 bridgehead atoms. The first-order valence-corrected chi connectivity index (χ1v) is 8.30. The summed E-state index contributed by atoms with van der Waals surface area (Å²) < 4.78 is 34.9. The number of carbonyl (C=O) groups is 1. The molecule has 1 aliphatic carbocycles. The summed E-state index contributed by atoms with van der Waals surface area (Å²) in [5.41, 5.74) is 0.479. The average molecular weight is 326 g/mol. The zero-order chi connectivity index (χ0) is 16.1. The van der Waals surface area contributed by atoms with Crippen molar-refractivity contribution < 1.29 is 22.7 Å². The molecule has 1 N–H and O–H groups in total. The SMILES string of the molecule is COc1ccc(NC(=O)[C@@]23C[C@@H]2CN(C)S3(=O)=O)cc1OC. The van der Waals surface area contributed by atoms with E-state index in [1.165, 1.54) is 25.6 Å². The van der Waals surface area contributed by atoms with Crippen LogP contribution < -0.4 is 14.8 Å². The van der Waals surface area contributed by atoms with Gasteiger partial charge < -0.3 is 14.8 Å². The summed E-state index contributed by atoms with van der Waals surface area (Å²) in [4.78, 5) is 12.5. The number of methoxy groups -OCH3 is 2. The number of nitrogens with zero attached hydrogens (tertiary/aromatic N) is 1. The molecule has 1 amide bonds. The highest BCUT2D eigenvalue weighted by atomic mass is 32.2. The Morgan fingerprint density at radius 2 is 2.00 bits per heavy atom. The molecule has 0 aromatic heterocycles. The third kappa shape index (κ3) is 1.90. The van der Waals surface area contributed by atoms with Gasteiger partial charge in [0.1, 0.15) is 0 Å². The van der Waals surface area contributed by atoms with Gasteiger partial charge >= 0.3 is 0 Å². The molecule has 7 nitrogen and oxygen atoms in total. The van der Waals surface area contributed by atoms with Gasteiger partial charge in [0.15, 0.2) is 16.2 Å². The quantitative estimate of drug-likeness (QED) is 0.879. The Bertz CT molecular complexity index is 733. The van der Waals surface area contributed by atoms with Crippen LogP contribution in [0.5, 0.6) is 11.5 Å². The molecule has 1 saturated carbocycles. The number of benzene rings is 1. The molecule has 120 valence electrons. The smallest absolute Gasteiger partial charge is 0.247 e. The maximum absolute atomic E-state index is 12.5. The van der Waals surface area contributed by atoms with Crippen LogP contribution in [0.3, 0.4) is 0 Å². The van der Waals surface area contributed by atoms with E-state index < -0.39 is 20.7 Å². The molecule has 1 aromatic rings. The van der Waals surface area contributed by atoms with Crippen LogP contribution in [0.4, 0.5) is 5.69 Å². The van der Waals surface area contributed by atoms with Crippen LogP contribution in [-0.4, -0.2) is 51.2 Å². The first kappa shape index (κ1) is 15.1. The predicted octanol–water partition coefficient (Wildman–Crippen LogP) is 0.676. The number of sulfonamides is 1. The summed E-state index contributed by atoms with van der Waals surface area (Å²) >= 11 is 0. The lowest BCUT2D eigenvalue weighted by Crippen LogP contribution is -2.40. The van der Waals surface area contributed by atoms with Crippen molar-refractivity contribution >= 4 is 21.6 Å². The molecule has 8 heteroatoms. The van der Waals surface area contributed by atoms with Gasteiger partial charge in [0.05, 0.1) is 14.2 Å². The van der Waals surface area contributed by atoms with Gasteiger partial charge in [0.25, 0.3) is 0 Å². The topological polar surface area (TPSA) is 84.9 Å². The largest absolute Gasteiger partial charge is 0.493 e. The number of amides is 1. The van der Waals surface area contributed by atoms with E-state index in [4.69, 9.17) is 9.47 Å². The fourth-order valence-corrected chi connectivity index (χ4v) is 5.19. The zero-order valence-corrected chi connectivity index (χ0v) is 13.4. The van der Waals surface area contributed by atoms with Gasteiger partial charge in [-0.1, -0.05) is 0 Å². The molecule has 0 unspecified atom stereocenters. The Hall–Kier alpha value is -1.80. The van der Waals surface area contributed by atoms with Crippen molar-refractivity contribution in [1.29, 1.82) is 0 Å². The summed E-state index contributed by atoms with van der Waals surface area (Å²) in [6.45, 7) is 0.404. The highest BCUT2D eigenvalue weighted by Crippen LogP contribution is 2.57. The van der Waals surface area contributed by atoms with Crippen LogP contribution in [0.2, 0.25) is 0 Å². The van der Waals surface area contributed by atoms with Crippen molar-refractivity contribution in [3.63, 3.8) is 0 Å². The van der Waals surface area contributed by atoms with Crippen LogP contribution in [0, 0.1) is 5.92 Å². The van der Waals surface area contributed by atoms with Gasteiger partial charge in [-0.25, -0.2) is 12.7 Å². The second-order valence-corrected chi connectivity index (χ2v) is 7.90. The Kier molecular flexibility index (Phi) is 3.33. The molecule has 1 aliphatic heterocycles. The minimum Gasteiger partial charge on any atom is -0.493 e. The first-order chi connectivity index (χ1) is 10.4. The Labute approximate surface area is 129 Å². The van der Waals surface area contributed by atoms with E-state index in [0.29, 0.717) is 30.2 Å².